The van der Waals surface area contributed by atoms with E-state index in [-0.39, 0.29) is 5.97 Å². The maximum absolute atomic E-state index is 11.4. The van der Waals surface area contributed by atoms with Gasteiger partial charge in [0.15, 0.2) is 0 Å². The quantitative estimate of drug-likeness (QED) is 0.817. The lowest BCUT2D eigenvalue weighted by molar-refractivity contribution is -0.144. The van der Waals surface area contributed by atoms with Crippen LogP contribution in [0.4, 0.5) is 0 Å². The zero-order valence-corrected chi connectivity index (χ0v) is 10.1. The minimum atomic E-state index is -0.0975. The number of esters is 1. The van der Waals surface area contributed by atoms with Gasteiger partial charge in [-0.25, -0.2) is 0 Å². The molecule has 1 aliphatic rings. The zero-order valence-electron chi connectivity index (χ0n) is 10.1. The number of hydrogen-bond donors (Lipinski definition) is 1. The highest BCUT2D eigenvalue weighted by atomic mass is 16.5. The summed E-state index contributed by atoms with van der Waals surface area (Å²) in [5.41, 5.74) is 2.47. The Labute approximate surface area is 101 Å². The third kappa shape index (κ3) is 2.99. The molecule has 0 saturated carbocycles. The largest absolute Gasteiger partial charge is 0.508 e. The van der Waals surface area contributed by atoms with Crippen LogP contribution in [-0.4, -0.2) is 17.7 Å². The van der Waals surface area contributed by atoms with E-state index in [0.29, 0.717) is 24.7 Å². The van der Waals surface area contributed by atoms with Crippen LogP contribution in [0.5, 0.6) is 5.75 Å². The number of hydrogen-bond acceptors (Lipinski definition) is 3. The standard InChI is InChI=1S/C14H18O3/c1-2-17-14(16)8-10-3-4-12-9-13(15)6-5-11(12)7-10/h5-6,9-10,15H,2-4,7-8H2,1H3/t10-/m0/s1. The van der Waals surface area contributed by atoms with Gasteiger partial charge in [-0.3, -0.25) is 4.79 Å². The number of phenols is 1. The van der Waals surface area contributed by atoms with Gasteiger partial charge in [0.1, 0.15) is 5.75 Å². The van der Waals surface area contributed by atoms with Gasteiger partial charge in [0.2, 0.25) is 0 Å². The average Bonchev–Trinajstić information content (AvgIpc) is 2.29. The Morgan fingerprint density at radius 2 is 2.29 bits per heavy atom. The van der Waals surface area contributed by atoms with E-state index in [1.807, 2.05) is 19.1 Å². The summed E-state index contributed by atoms with van der Waals surface area (Å²) < 4.78 is 4.97. The summed E-state index contributed by atoms with van der Waals surface area (Å²) in [6.45, 7) is 2.28. The van der Waals surface area contributed by atoms with Gasteiger partial charge in [-0.2, -0.15) is 0 Å². The Hall–Kier alpha value is -1.51. The van der Waals surface area contributed by atoms with Crippen LogP contribution in [0.15, 0.2) is 18.2 Å². The van der Waals surface area contributed by atoms with Crippen molar-refractivity contribution in [3.05, 3.63) is 29.3 Å². The minimum absolute atomic E-state index is 0.0975. The van der Waals surface area contributed by atoms with E-state index >= 15 is 0 Å². The van der Waals surface area contributed by atoms with Gasteiger partial charge in [-0.05, 0) is 55.4 Å². The molecule has 0 fully saturated rings. The molecule has 1 aromatic rings. The molecule has 0 heterocycles. The number of benzene rings is 1. The lowest BCUT2D eigenvalue weighted by Crippen LogP contribution is -2.18. The van der Waals surface area contributed by atoms with E-state index in [1.54, 1.807) is 6.07 Å². The summed E-state index contributed by atoms with van der Waals surface area (Å²) in [5, 5.41) is 9.40. The number of fused-ring (bicyclic) bond motifs is 1. The molecule has 1 aromatic carbocycles. The maximum Gasteiger partial charge on any atom is 0.306 e. The van der Waals surface area contributed by atoms with Gasteiger partial charge in [0.05, 0.1) is 6.61 Å². The summed E-state index contributed by atoms with van der Waals surface area (Å²) in [6, 6.07) is 5.50. The van der Waals surface area contributed by atoms with Gasteiger partial charge < -0.3 is 9.84 Å². The van der Waals surface area contributed by atoms with Crippen molar-refractivity contribution < 1.29 is 14.6 Å². The van der Waals surface area contributed by atoms with Crippen molar-refractivity contribution in [1.82, 2.24) is 0 Å². The zero-order chi connectivity index (χ0) is 12.3. The molecule has 1 aliphatic carbocycles. The molecule has 3 nitrogen and oxygen atoms in total. The Morgan fingerprint density at radius 3 is 3.06 bits per heavy atom. The first-order chi connectivity index (χ1) is 8.19. The third-order valence-corrected chi connectivity index (χ3v) is 3.28. The van der Waals surface area contributed by atoms with Gasteiger partial charge >= 0.3 is 5.97 Å². The summed E-state index contributed by atoms with van der Waals surface area (Å²) in [4.78, 5) is 11.4. The molecular formula is C14H18O3. The molecular weight excluding hydrogens is 216 g/mol. The van der Waals surface area contributed by atoms with E-state index in [2.05, 4.69) is 0 Å². The molecule has 0 unspecified atom stereocenters. The number of aromatic hydroxyl groups is 1. The summed E-state index contributed by atoms with van der Waals surface area (Å²) in [6.07, 6.45) is 3.35. The fraction of sp³-hybridized carbons (Fsp3) is 0.500. The van der Waals surface area contributed by atoms with E-state index in [4.69, 9.17) is 4.74 Å². The molecule has 2 rings (SSSR count). The number of carbonyl (C=O) groups is 1. The van der Waals surface area contributed by atoms with Gasteiger partial charge in [0.25, 0.3) is 0 Å². The molecule has 0 saturated heterocycles. The topological polar surface area (TPSA) is 46.5 Å². The van der Waals surface area contributed by atoms with Crippen molar-refractivity contribution in [2.45, 2.75) is 32.6 Å². The van der Waals surface area contributed by atoms with Crippen LogP contribution in [-0.2, 0) is 22.4 Å². The second-order valence-corrected chi connectivity index (χ2v) is 4.57. The smallest absolute Gasteiger partial charge is 0.306 e. The van der Waals surface area contributed by atoms with Crippen molar-refractivity contribution >= 4 is 5.97 Å². The molecule has 1 atom stereocenters. The molecule has 92 valence electrons. The lowest BCUT2D eigenvalue weighted by atomic mass is 9.82. The van der Waals surface area contributed by atoms with E-state index in [0.717, 1.165) is 19.3 Å². The van der Waals surface area contributed by atoms with Gasteiger partial charge in [-0.1, -0.05) is 6.07 Å². The molecule has 0 amide bonds. The maximum atomic E-state index is 11.4. The third-order valence-electron chi connectivity index (χ3n) is 3.28. The minimum Gasteiger partial charge on any atom is -0.508 e. The molecule has 0 radical (unpaired) electrons. The Morgan fingerprint density at radius 1 is 1.47 bits per heavy atom. The predicted molar refractivity (Wildman–Crippen MR) is 64.9 cm³/mol. The first-order valence-corrected chi connectivity index (χ1v) is 6.15. The first-order valence-electron chi connectivity index (χ1n) is 6.15. The molecule has 0 aliphatic heterocycles. The Bertz CT molecular complexity index is 412. The number of aryl methyl sites for hydroxylation is 1. The van der Waals surface area contributed by atoms with Crippen molar-refractivity contribution in [1.29, 1.82) is 0 Å². The Kier molecular flexibility index (Phi) is 3.67. The van der Waals surface area contributed by atoms with Crippen LogP contribution >= 0.6 is 0 Å². The van der Waals surface area contributed by atoms with Crippen molar-refractivity contribution in [2.75, 3.05) is 6.61 Å². The normalized spacial score (nSPS) is 18.5. The highest BCUT2D eigenvalue weighted by Crippen LogP contribution is 2.29. The monoisotopic (exact) mass is 234 g/mol. The van der Waals surface area contributed by atoms with Crippen molar-refractivity contribution in [2.24, 2.45) is 5.92 Å². The van der Waals surface area contributed by atoms with Crippen molar-refractivity contribution in [3.8, 4) is 5.75 Å². The molecule has 17 heavy (non-hydrogen) atoms. The molecule has 0 spiro atoms. The second kappa shape index (κ2) is 5.21. The Balaban J connectivity index is 1.99. The summed E-state index contributed by atoms with van der Waals surface area (Å²) >= 11 is 0. The van der Waals surface area contributed by atoms with E-state index in [1.165, 1.54) is 11.1 Å². The predicted octanol–water partition coefficient (Wildman–Crippen LogP) is 2.45. The molecule has 1 N–H and O–H groups in total. The average molecular weight is 234 g/mol. The SMILES string of the molecule is CCOC(=O)C[C@H]1CCc2cc(O)ccc2C1. The highest BCUT2D eigenvalue weighted by Gasteiger charge is 2.21. The van der Waals surface area contributed by atoms with Crippen LogP contribution in [0.2, 0.25) is 0 Å². The molecule has 0 aromatic heterocycles. The summed E-state index contributed by atoms with van der Waals surface area (Å²) in [5.74, 6) is 0.610. The van der Waals surface area contributed by atoms with E-state index < -0.39 is 0 Å². The van der Waals surface area contributed by atoms with Crippen LogP contribution in [0.3, 0.4) is 0 Å². The van der Waals surface area contributed by atoms with Crippen LogP contribution in [0.25, 0.3) is 0 Å². The van der Waals surface area contributed by atoms with Crippen molar-refractivity contribution in [3.63, 3.8) is 0 Å². The van der Waals surface area contributed by atoms with Gasteiger partial charge in [-0.15, -0.1) is 0 Å². The first kappa shape index (κ1) is 12.0. The number of rotatable bonds is 3. The van der Waals surface area contributed by atoms with Crippen LogP contribution in [0.1, 0.15) is 30.9 Å². The number of ether oxygens (including phenoxy) is 1. The lowest BCUT2D eigenvalue weighted by Gasteiger charge is -2.23. The second-order valence-electron chi connectivity index (χ2n) is 4.57. The van der Waals surface area contributed by atoms with E-state index in [9.17, 15) is 9.90 Å². The van der Waals surface area contributed by atoms with Gasteiger partial charge in [0, 0.05) is 6.42 Å². The number of carbonyl (C=O) groups excluding carboxylic acids is 1. The molecule has 0 bridgehead atoms. The highest BCUT2D eigenvalue weighted by molar-refractivity contribution is 5.69. The summed E-state index contributed by atoms with van der Waals surface area (Å²) in [7, 11) is 0. The number of phenolic OH excluding ortho intramolecular Hbond substituents is 1. The van der Waals surface area contributed by atoms with Crippen LogP contribution in [0, 0.1) is 5.92 Å². The molecule has 3 heteroatoms. The fourth-order valence-corrected chi connectivity index (χ4v) is 2.45. The fourth-order valence-electron chi connectivity index (χ4n) is 2.45. The van der Waals surface area contributed by atoms with Crippen LogP contribution < -0.4 is 0 Å².